The van der Waals surface area contributed by atoms with Gasteiger partial charge in [0.15, 0.2) is 29.2 Å². The number of fused-ring (bicyclic) bond motifs is 4. The van der Waals surface area contributed by atoms with Crippen LogP contribution in [0.1, 0.15) is 143 Å². The number of benzene rings is 2. The Balaban J connectivity index is 0.815. The Morgan fingerprint density at radius 2 is 1.15 bits per heavy atom. The van der Waals surface area contributed by atoms with Gasteiger partial charge in [0.1, 0.15) is 0 Å². The van der Waals surface area contributed by atoms with Crippen LogP contribution in [0.4, 0.5) is 11.4 Å². The smallest absolute Gasteiger partial charge is 0.256 e. The van der Waals surface area contributed by atoms with Gasteiger partial charge in [0.2, 0.25) is 0 Å². The number of ether oxygens (including phenoxy) is 4. The largest absolute Gasteiger partial charge is 0.493 e. The van der Waals surface area contributed by atoms with Crippen LogP contribution in [0, 0.1) is 0 Å². The van der Waals surface area contributed by atoms with E-state index >= 15 is 0 Å². The maximum atomic E-state index is 13.5. The van der Waals surface area contributed by atoms with Crippen molar-refractivity contribution in [1.82, 2.24) is 19.6 Å². The van der Waals surface area contributed by atoms with E-state index in [0.717, 1.165) is 97.2 Å². The monoisotopic (exact) mass is 827 g/mol. The fourth-order valence-corrected chi connectivity index (χ4v) is 9.56. The van der Waals surface area contributed by atoms with Crippen molar-refractivity contribution >= 4 is 35.6 Å². The molecule has 5 heterocycles. The maximum Gasteiger partial charge on any atom is 0.256 e. The summed E-state index contributed by atoms with van der Waals surface area (Å²) in [6.07, 6.45) is 24.5. The molecular formula is C48H70N6O6. The SMILES string of the molecule is CCCCCCCCC(Oc1cc2c(cc1OC)C(=O)N1CCC[C@H]1C=N2)N1CCN(CCCCCCCCCOc2cc3c(cc2OC)C(=O)N2CCC[C@H]2C=N3)CC1. The normalized spacial score (nSPS) is 20.6. The maximum absolute atomic E-state index is 13.5. The van der Waals surface area contributed by atoms with Crippen LogP contribution in [-0.4, -0.2) is 129 Å². The zero-order chi connectivity index (χ0) is 41.7. The summed E-state index contributed by atoms with van der Waals surface area (Å²) in [6, 6.07) is 7.60. The fraction of sp³-hybridized carbons (Fsp3) is 0.667. The van der Waals surface area contributed by atoms with E-state index < -0.39 is 0 Å². The van der Waals surface area contributed by atoms with E-state index in [1.807, 2.05) is 40.4 Å². The van der Waals surface area contributed by atoms with Crippen LogP contribution in [0.15, 0.2) is 34.3 Å². The van der Waals surface area contributed by atoms with Crippen LogP contribution in [0.2, 0.25) is 0 Å². The highest BCUT2D eigenvalue weighted by atomic mass is 16.5. The molecular weight excluding hydrogens is 757 g/mol. The molecule has 2 aromatic carbocycles. The standard InChI is InChI=1S/C48H70N6O6/c1-4-5-6-7-11-14-21-46(60-45-33-41-39(31-43(45)58-3)48(56)54-24-18-20-37(54)35-50-41)52-27-25-51(26-28-52)22-15-12-9-8-10-13-16-29-59-44-32-40-38(30-42(44)57-2)47(55)53-23-17-19-36(53)34-49-40/h30-37,46H,4-29H2,1-3H3/t36-,37-,46?/m0/s1. The second-order valence-electron chi connectivity index (χ2n) is 17.3. The highest BCUT2D eigenvalue weighted by Gasteiger charge is 2.35. The first-order valence-corrected chi connectivity index (χ1v) is 23.4. The molecule has 0 aliphatic carbocycles. The number of methoxy groups -OCH3 is 2. The van der Waals surface area contributed by atoms with Gasteiger partial charge in [-0.2, -0.15) is 0 Å². The summed E-state index contributed by atoms with van der Waals surface area (Å²) in [5.41, 5.74) is 2.54. The topological polar surface area (TPSA) is 109 Å². The lowest BCUT2D eigenvalue weighted by atomic mass is 10.1. The molecule has 2 amide bonds. The van der Waals surface area contributed by atoms with Gasteiger partial charge in [-0.3, -0.25) is 24.5 Å². The average Bonchev–Trinajstić information content (AvgIpc) is 3.91. The highest BCUT2D eigenvalue weighted by Crippen LogP contribution is 2.40. The Kier molecular flexibility index (Phi) is 16.2. The molecule has 0 bridgehead atoms. The number of hydrogen-bond donors (Lipinski definition) is 0. The van der Waals surface area contributed by atoms with E-state index in [-0.39, 0.29) is 30.1 Å². The highest BCUT2D eigenvalue weighted by molar-refractivity contribution is 6.04. The minimum absolute atomic E-state index is 0.0297. The molecule has 0 spiro atoms. The van der Waals surface area contributed by atoms with Crippen molar-refractivity contribution in [3.05, 3.63) is 35.4 Å². The third kappa shape index (κ3) is 11.0. The Labute approximate surface area is 358 Å². The van der Waals surface area contributed by atoms with E-state index in [9.17, 15) is 9.59 Å². The molecule has 3 atom stereocenters. The summed E-state index contributed by atoms with van der Waals surface area (Å²) in [4.78, 5) is 45.1. The Bertz CT molecular complexity index is 1790. The first-order valence-electron chi connectivity index (χ1n) is 23.4. The zero-order valence-electron chi connectivity index (χ0n) is 36.7. The Morgan fingerprint density at radius 1 is 0.617 bits per heavy atom. The van der Waals surface area contributed by atoms with Gasteiger partial charge in [-0.05, 0) is 70.0 Å². The summed E-state index contributed by atoms with van der Waals surface area (Å²) in [5.74, 6) is 2.59. The third-order valence-corrected chi connectivity index (χ3v) is 13.2. The lowest BCUT2D eigenvalue weighted by Crippen LogP contribution is -2.52. The lowest BCUT2D eigenvalue weighted by molar-refractivity contribution is -0.0154. The first-order chi connectivity index (χ1) is 29.5. The predicted molar refractivity (Wildman–Crippen MR) is 239 cm³/mol. The van der Waals surface area contributed by atoms with Crippen LogP contribution in [-0.2, 0) is 0 Å². The van der Waals surface area contributed by atoms with Crippen LogP contribution >= 0.6 is 0 Å². The summed E-state index contributed by atoms with van der Waals surface area (Å²) >= 11 is 0. The van der Waals surface area contributed by atoms with Gasteiger partial charge in [-0.15, -0.1) is 0 Å². The number of hydrogen-bond acceptors (Lipinski definition) is 10. The van der Waals surface area contributed by atoms with Crippen molar-refractivity contribution in [2.24, 2.45) is 9.98 Å². The van der Waals surface area contributed by atoms with Gasteiger partial charge in [0.05, 0.1) is 55.4 Å². The average molecular weight is 827 g/mol. The number of carbonyl (C=O) groups is 2. The molecule has 12 heteroatoms. The van der Waals surface area contributed by atoms with Crippen LogP contribution in [0.25, 0.3) is 0 Å². The van der Waals surface area contributed by atoms with Gasteiger partial charge in [-0.25, -0.2) is 0 Å². The van der Waals surface area contributed by atoms with Crippen molar-refractivity contribution in [3.8, 4) is 23.0 Å². The number of aliphatic imine (C=N–C) groups is 2. The van der Waals surface area contributed by atoms with Gasteiger partial charge < -0.3 is 33.6 Å². The third-order valence-electron chi connectivity index (χ3n) is 13.2. The van der Waals surface area contributed by atoms with Crippen molar-refractivity contribution in [2.75, 3.05) is 66.6 Å². The molecule has 12 nitrogen and oxygen atoms in total. The fourth-order valence-electron chi connectivity index (χ4n) is 9.56. The number of amides is 2. The second kappa shape index (κ2) is 22.1. The lowest BCUT2D eigenvalue weighted by Gasteiger charge is -2.39. The number of unbranched alkanes of at least 4 members (excludes halogenated alkanes) is 11. The zero-order valence-corrected chi connectivity index (χ0v) is 36.7. The minimum Gasteiger partial charge on any atom is -0.493 e. The number of nitrogens with zero attached hydrogens (tertiary/aromatic N) is 6. The van der Waals surface area contributed by atoms with Gasteiger partial charge in [0, 0.05) is 63.8 Å². The van der Waals surface area contributed by atoms with Crippen LogP contribution < -0.4 is 18.9 Å². The van der Waals surface area contributed by atoms with E-state index in [2.05, 4.69) is 21.7 Å². The summed E-state index contributed by atoms with van der Waals surface area (Å²) in [5, 5.41) is 0. The summed E-state index contributed by atoms with van der Waals surface area (Å²) in [7, 11) is 3.29. The van der Waals surface area contributed by atoms with E-state index in [4.69, 9.17) is 23.9 Å². The number of piperazine rings is 1. The van der Waals surface area contributed by atoms with Crippen molar-refractivity contribution < 1.29 is 28.5 Å². The van der Waals surface area contributed by atoms with Crippen molar-refractivity contribution in [3.63, 3.8) is 0 Å². The Hall–Kier alpha value is -4.16. The van der Waals surface area contributed by atoms with Crippen LogP contribution in [0.3, 0.4) is 0 Å². The predicted octanol–water partition coefficient (Wildman–Crippen LogP) is 9.23. The quantitative estimate of drug-likeness (QED) is 0.102. The van der Waals surface area contributed by atoms with Crippen LogP contribution in [0.5, 0.6) is 23.0 Å². The molecule has 1 unspecified atom stereocenters. The molecule has 5 aliphatic heterocycles. The minimum atomic E-state index is -0.0492. The summed E-state index contributed by atoms with van der Waals surface area (Å²) < 4.78 is 24.5. The molecule has 3 saturated heterocycles. The molecule has 0 saturated carbocycles. The van der Waals surface area contributed by atoms with E-state index in [1.54, 1.807) is 20.3 Å². The first kappa shape index (κ1) is 43.9. The van der Waals surface area contributed by atoms with Gasteiger partial charge in [-0.1, -0.05) is 71.1 Å². The van der Waals surface area contributed by atoms with Gasteiger partial charge >= 0.3 is 0 Å². The molecule has 3 fully saturated rings. The molecule has 60 heavy (non-hydrogen) atoms. The molecule has 0 radical (unpaired) electrons. The molecule has 0 N–H and O–H groups in total. The van der Waals surface area contributed by atoms with E-state index in [1.165, 1.54) is 64.2 Å². The van der Waals surface area contributed by atoms with Crippen molar-refractivity contribution in [2.45, 2.75) is 141 Å². The molecule has 7 rings (SSSR count). The van der Waals surface area contributed by atoms with Crippen molar-refractivity contribution in [1.29, 1.82) is 0 Å². The Morgan fingerprint density at radius 3 is 1.75 bits per heavy atom. The molecule has 0 aromatic heterocycles. The van der Waals surface area contributed by atoms with Gasteiger partial charge in [0.25, 0.3) is 11.8 Å². The summed E-state index contributed by atoms with van der Waals surface area (Å²) in [6.45, 7) is 9.62. The molecule has 328 valence electrons. The molecule has 2 aromatic rings. The number of carbonyl (C=O) groups excluding carboxylic acids is 2. The number of rotatable bonds is 23. The second-order valence-corrected chi connectivity index (χ2v) is 17.3. The molecule has 5 aliphatic rings. The van der Waals surface area contributed by atoms with E-state index in [0.29, 0.717) is 52.1 Å².